The minimum atomic E-state index is 0.448. The molecule has 1 atom stereocenters. The van der Waals surface area contributed by atoms with Gasteiger partial charge in [-0.15, -0.1) is 0 Å². The summed E-state index contributed by atoms with van der Waals surface area (Å²) in [5.74, 6) is 0. The third-order valence-corrected chi connectivity index (χ3v) is 4.49. The Hall–Kier alpha value is -1.64. The monoisotopic (exact) mass is 280 g/mol. The SMILES string of the molecule is CNC(CCN1CCc2ccccc2C1)c1ccccc1. The molecule has 0 amide bonds. The van der Waals surface area contributed by atoms with E-state index in [-0.39, 0.29) is 0 Å². The van der Waals surface area contributed by atoms with Crippen LogP contribution in [-0.4, -0.2) is 25.0 Å². The van der Waals surface area contributed by atoms with Crippen molar-refractivity contribution >= 4 is 0 Å². The molecule has 1 N–H and O–H groups in total. The summed E-state index contributed by atoms with van der Waals surface area (Å²) < 4.78 is 0. The molecule has 2 aromatic carbocycles. The lowest BCUT2D eigenvalue weighted by molar-refractivity contribution is 0.240. The zero-order valence-corrected chi connectivity index (χ0v) is 12.8. The minimum Gasteiger partial charge on any atom is -0.313 e. The molecular formula is C19H24N2. The Balaban J connectivity index is 1.58. The molecule has 2 aromatic rings. The third kappa shape index (κ3) is 3.52. The van der Waals surface area contributed by atoms with Crippen LogP contribution in [0.15, 0.2) is 54.6 Å². The van der Waals surface area contributed by atoms with Crippen molar-refractivity contribution in [1.29, 1.82) is 0 Å². The van der Waals surface area contributed by atoms with E-state index in [1.165, 1.54) is 29.7 Å². The van der Waals surface area contributed by atoms with E-state index < -0.39 is 0 Å². The summed E-state index contributed by atoms with van der Waals surface area (Å²) in [6, 6.07) is 20.1. The number of benzene rings is 2. The summed E-state index contributed by atoms with van der Waals surface area (Å²) >= 11 is 0. The molecule has 0 saturated carbocycles. The first-order valence-electron chi connectivity index (χ1n) is 7.88. The number of rotatable bonds is 5. The van der Waals surface area contributed by atoms with Crippen molar-refractivity contribution < 1.29 is 0 Å². The molecule has 2 nitrogen and oxygen atoms in total. The van der Waals surface area contributed by atoms with E-state index in [9.17, 15) is 0 Å². The van der Waals surface area contributed by atoms with Gasteiger partial charge in [-0.05, 0) is 36.6 Å². The highest BCUT2D eigenvalue weighted by molar-refractivity contribution is 5.29. The Labute approximate surface area is 127 Å². The van der Waals surface area contributed by atoms with E-state index in [2.05, 4.69) is 71.9 Å². The molecule has 21 heavy (non-hydrogen) atoms. The Bertz CT molecular complexity index is 565. The van der Waals surface area contributed by atoms with Crippen molar-refractivity contribution in [3.63, 3.8) is 0 Å². The van der Waals surface area contributed by atoms with Crippen molar-refractivity contribution in [2.75, 3.05) is 20.1 Å². The van der Waals surface area contributed by atoms with Gasteiger partial charge in [-0.1, -0.05) is 54.6 Å². The van der Waals surface area contributed by atoms with Crippen LogP contribution in [0, 0.1) is 0 Å². The molecule has 3 rings (SSSR count). The van der Waals surface area contributed by atoms with Crippen LogP contribution >= 0.6 is 0 Å². The van der Waals surface area contributed by atoms with Gasteiger partial charge in [-0.3, -0.25) is 4.90 Å². The topological polar surface area (TPSA) is 15.3 Å². The highest BCUT2D eigenvalue weighted by atomic mass is 15.1. The summed E-state index contributed by atoms with van der Waals surface area (Å²) in [4.78, 5) is 2.58. The predicted octanol–water partition coefficient (Wildman–Crippen LogP) is 3.40. The average molecular weight is 280 g/mol. The van der Waals surface area contributed by atoms with Gasteiger partial charge in [0.05, 0.1) is 0 Å². The largest absolute Gasteiger partial charge is 0.313 e. The van der Waals surface area contributed by atoms with Crippen LogP contribution in [0.3, 0.4) is 0 Å². The van der Waals surface area contributed by atoms with Crippen LogP contribution in [0.4, 0.5) is 0 Å². The Morgan fingerprint density at radius 3 is 2.48 bits per heavy atom. The summed E-state index contributed by atoms with van der Waals surface area (Å²) in [6.07, 6.45) is 2.34. The first kappa shape index (κ1) is 14.3. The fraction of sp³-hybridized carbons (Fsp3) is 0.368. The predicted molar refractivity (Wildman–Crippen MR) is 88.3 cm³/mol. The van der Waals surface area contributed by atoms with E-state index >= 15 is 0 Å². The van der Waals surface area contributed by atoms with E-state index in [4.69, 9.17) is 0 Å². The highest BCUT2D eigenvalue weighted by Crippen LogP contribution is 2.21. The van der Waals surface area contributed by atoms with Gasteiger partial charge >= 0.3 is 0 Å². The van der Waals surface area contributed by atoms with Gasteiger partial charge in [-0.2, -0.15) is 0 Å². The minimum absolute atomic E-state index is 0.448. The molecule has 1 aliphatic rings. The van der Waals surface area contributed by atoms with Crippen LogP contribution in [0.2, 0.25) is 0 Å². The van der Waals surface area contributed by atoms with Crippen LogP contribution in [-0.2, 0) is 13.0 Å². The van der Waals surface area contributed by atoms with Gasteiger partial charge < -0.3 is 5.32 Å². The van der Waals surface area contributed by atoms with Crippen LogP contribution < -0.4 is 5.32 Å². The van der Waals surface area contributed by atoms with Crippen molar-refractivity contribution in [3.05, 3.63) is 71.3 Å². The van der Waals surface area contributed by atoms with Gasteiger partial charge in [0, 0.05) is 25.7 Å². The second-order valence-corrected chi connectivity index (χ2v) is 5.84. The lowest BCUT2D eigenvalue weighted by Gasteiger charge is -2.30. The van der Waals surface area contributed by atoms with E-state index in [0.29, 0.717) is 6.04 Å². The molecule has 0 aromatic heterocycles. The smallest absolute Gasteiger partial charge is 0.0329 e. The molecule has 1 unspecified atom stereocenters. The standard InChI is InChI=1S/C19H24N2/c1-20-19(17-8-3-2-4-9-17)12-14-21-13-11-16-7-5-6-10-18(16)15-21/h2-10,19-20H,11-15H2,1H3. The van der Waals surface area contributed by atoms with E-state index in [0.717, 1.165) is 19.5 Å². The normalized spacial score (nSPS) is 16.4. The zero-order chi connectivity index (χ0) is 14.5. The summed E-state index contributed by atoms with van der Waals surface area (Å²) in [7, 11) is 2.06. The van der Waals surface area contributed by atoms with Gasteiger partial charge in [0.25, 0.3) is 0 Å². The van der Waals surface area contributed by atoms with Crippen molar-refractivity contribution in [2.24, 2.45) is 0 Å². The zero-order valence-electron chi connectivity index (χ0n) is 12.8. The van der Waals surface area contributed by atoms with E-state index in [1.54, 1.807) is 0 Å². The molecule has 0 saturated heterocycles. The lowest BCUT2D eigenvalue weighted by atomic mass is 9.98. The lowest BCUT2D eigenvalue weighted by Crippen LogP contribution is -2.33. The Kier molecular flexibility index (Phi) is 4.69. The second-order valence-electron chi connectivity index (χ2n) is 5.84. The number of nitrogens with zero attached hydrogens (tertiary/aromatic N) is 1. The van der Waals surface area contributed by atoms with Crippen molar-refractivity contribution in [3.8, 4) is 0 Å². The molecule has 1 heterocycles. The van der Waals surface area contributed by atoms with Crippen molar-refractivity contribution in [1.82, 2.24) is 10.2 Å². The number of fused-ring (bicyclic) bond motifs is 1. The Morgan fingerprint density at radius 2 is 1.71 bits per heavy atom. The first-order chi connectivity index (χ1) is 10.4. The average Bonchev–Trinajstić information content (AvgIpc) is 2.56. The van der Waals surface area contributed by atoms with Crippen LogP contribution in [0.1, 0.15) is 29.2 Å². The van der Waals surface area contributed by atoms with Gasteiger partial charge in [0.15, 0.2) is 0 Å². The first-order valence-corrected chi connectivity index (χ1v) is 7.88. The fourth-order valence-corrected chi connectivity index (χ4v) is 3.22. The highest BCUT2D eigenvalue weighted by Gasteiger charge is 2.17. The maximum Gasteiger partial charge on any atom is 0.0329 e. The summed E-state index contributed by atoms with van der Waals surface area (Å²) in [5, 5.41) is 3.45. The maximum atomic E-state index is 3.45. The molecule has 2 heteroatoms. The third-order valence-electron chi connectivity index (χ3n) is 4.49. The molecule has 0 fully saturated rings. The summed E-state index contributed by atoms with van der Waals surface area (Å²) in [5.41, 5.74) is 4.42. The molecule has 0 spiro atoms. The van der Waals surface area contributed by atoms with E-state index in [1.807, 2.05) is 0 Å². The number of nitrogens with one attached hydrogen (secondary N) is 1. The molecule has 0 radical (unpaired) electrons. The Morgan fingerprint density at radius 1 is 1.00 bits per heavy atom. The number of hydrogen-bond acceptors (Lipinski definition) is 2. The van der Waals surface area contributed by atoms with Crippen LogP contribution in [0.25, 0.3) is 0 Å². The summed E-state index contributed by atoms with van der Waals surface area (Å²) in [6.45, 7) is 3.43. The maximum absolute atomic E-state index is 3.45. The molecule has 110 valence electrons. The molecule has 0 bridgehead atoms. The fourth-order valence-electron chi connectivity index (χ4n) is 3.22. The molecule has 1 aliphatic heterocycles. The van der Waals surface area contributed by atoms with Gasteiger partial charge in [0.1, 0.15) is 0 Å². The molecule has 0 aliphatic carbocycles. The second kappa shape index (κ2) is 6.88. The van der Waals surface area contributed by atoms with Crippen molar-refractivity contribution in [2.45, 2.75) is 25.4 Å². The number of hydrogen-bond donors (Lipinski definition) is 1. The van der Waals surface area contributed by atoms with Gasteiger partial charge in [0.2, 0.25) is 0 Å². The van der Waals surface area contributed by atoms with Crippen LogP contribution in [0.5, 0.6) is 0 Å². The molecular weight excluding hydrogens is 256 g/mol. The quantitative estimate of drug-likeness (QED) is 0.903. The van der Waals surface area contributed by atoms with Gasteiger partial charge in [-0.25, -0.2) is 0 Å².